The van der Waals surface area contributed by atoms with Crippen molar-refractivity contribution >= 4 is 73.5 Å². The van der Waals surface area contributed by atoms with Gasteiger partial charge in [-0.2, -0.15) is 7.77 Å². The first kappa shape index (κ1) is 16.4. The minimum absolute atomic E-state index is 0.257. The molecule has 122 valence electrons. The molecule has 0 heterocycles. The highest BCUT2D eigenvalue weighted by molar-refractivity contribution is 9.34. The van der Waals surface area contributed by atoms with E-state index in [1.54, 1.807) is 12.1 Å². The lowest BCUT2D eigenvalue weighted by atomic mass is 10.00. The number of fused-ring (bicyclic) bond motifs is 3. The quantitative estimate of drug-likeness (QED) is 0.211. The number of hydrogen-bond donors (Lipinski definition) is 1. The van der Waals surface area contributed by atoms with Gasteiger partial charge in [0.2, 0.25) is 0 Å². The van der Waals surface area contributed by atoms with Crippen molar-refractivity contribution in [2.45, 2.75) is 4.90 Å². The largest absolute Gasteiger partial charge is 0.160 e. The van der Waals surface area contributed by atoms with Gasteiger partial charge in [-0.05, 0) is 78.5 Å². The van der Waals surface area contributed by atoms with E-state index in [0.29, 0.717) is 14.7 Å². The summed E-state index contributed by atoms with van der Waals surface area (Å²) < 4.78 is 27.7. The molecule has 0 fully saturated rings. The van der Waals surface area contributed by atoms with Crippen molar-refractivity contribution < 1.29 is 7.77 Å². The smallest absolute Gasteiger partial charge is 0.140 e. The Morgan fingerprint density at radius 3 is 1.75 bits per heavy atom. The van der Waals surface area contributed by atoms with Crippen LogP contribution in [0.25, 0.3) is 32.3 Å². The minimum Gasteiger partial charge on any atom is -0.160 e. The van der Waals surface area contributed by atoms with Gasteiger partial charge in [0.15, 0.2) is 0 Å². The van der Waals surface area contributed by atoms with Crippen LogP contribution in [0, 0.1) is 0 Å². The molecule has 4 rings (SSSR count). The Kier molecular flexibility index (Phi) is 4.33. The zero-order valence-corrected chi connectivity index (χ0v) is 15.6. The van der Waals surface area contributed by atoms with E-state index in [1.165, 1.54) is 5.39 Å². The Bertz CT molecular complexity index is 1060. The fourth-order valence-corrected chi connectivity index (χ4v) is 6.36. The van der Waals surface area contributed by atoms with Gasteiger partial charge in [0.25, 0.3) is 0 Å². The third-order valence-electron chi connectivity index (χ3n) is 4.09. The zero-order chi connectivity index (χ0) is 16.7. The fourth-order valence-electron chi connectivity index (χ4n) is 2.91. The predicted octanol–water partition coefficient (Wildman–Crippen LogP) is 8.22. The number of benzene rings is 4. The van der Waals surface area contributed by atoms with Crippen LogP contribution in [0.4, 0.5) is 7.77 Å². The zero-order valence-electron chi connectivity index (χ0n) is 12.3. The molecule has 4 aromatic rings. The summed E-state index contributed by atoms with van der Waals surface area (Å²) >= 11 is 3.65. The molecule has 0 saturated heterocycles. The topological polar surface area (TPSA) is 0 Å². The van der Waals surface area contributed by atoms with Crippen LogP contribution in [0.1, 0.15) is 0 Å². The summed E-state index contributed by atoms with van der Waals surface area (Å²) in [4.78, 5) is 0.350. The number of halogens is 2. The van der Waals surface area contributed by atoms with Crippen LogP contribution >= 0.6 is 41.1 Å². The van der Waals surface area contributed by atoms with Crippen molar-refractivity contribution in [1.82, 2.24) is 0 Å². The van der Waals surface area contributed by atoms with Crippen molar-refractivity contribution in [2.75, 3.05) is 0 Å². The SMILES string of the molecule is FSS(F)(SS)c1ccc2cc3cc4ccccc4cc3cc2c1. The monoisotopic (exact) mass is 394 g/mol. The van der Waals surface area contributed by atoms with Gasteiger partial charge >= 0.3 is 0 Å². The molecule has 1 unspecified atom stereocenters. The summed E-state index contributed by atoms with van der Waals surface area (Å²) in [5, 5.41) is 6.49. The van der Waals surface area contributed by atoms with Crippen molar-refractivity contribution in [1.29, 1.82) is 0 Å². The van der Waals surface area contributed by atoms with E-state index in [2.05, 4.69) is 42.0 Å². The van der Waals surface area contributed by atoms with E-state index in [9.17, 15) is 7.77 Å². The maximum Gasteiger partial charge on any atom is 0.140 e. The molecular weight excluding hydrogens is 382 g/mol. The molecule has 0 bridgehead atoms. The first-order chi connectivity index (χ1) is 11.6. The van der Waals surface area contributed by atoms with Gasteiger partial charge in [-0.1, -0.05) is 42.0 Å². The summed E-state index contributed by atoms with van der Waals surface area (Å²) in [6.07, 6.45) is 0. The lowest BCUT2D eigenvalue weighted by Gasteiger charge is -2.22. The molecular formula is C18H12F2S4. The standard InChI is InChI=1S/C18H12F2S4/c19-22-24(20,23-21)18-6-5-14-9-15-7-12-3-1-2-4-13(12)8-16(15)10-17(14)11-18/h1-11,21H. The molecule has 6 heteroatoms. The number of rotatable bonds is 3. The molecule has 1 atom stereocenters. The number of thiol groups is 1. The van der Waals surface area contributed by atoms with E-state index < -0.39 is 8.48 Å². The molecule has 0 amide bonds. The number of hydrogen-bond acceptors (Lipinski definition) is 3. The van der Waals surface area contributed by atoms with Crippen molar-refractivity contribution in [2.24, 2.45) is 0 Å². The Morgan fingerprint density at radius 1 is 0.708 bits per heavy atom. The summed E-state index contributed by atoms with van der Waals surface area (Å²) in [6, 6.07) is 21.8. The van der Waals surface area contributed by atoms with Gasteiger partial charge < -0.3 is 0 Å². The molecule has 0 aliphatic heterocycles. The third kappa shape index (κ3) is 2.75. The Hall–Kier alpha value is -1.08. The van der Waals surface area contributed by atoms with E-state index in [1.807, 2.05) is 24.3 Å². The maximum absolute atomic E-state index is 14.6. The van der Waals surface area contributed by atoms with Crippen LogP contribution in [-0.4, -0.2) is 0 Å². The molecule has 0 aromatic heterocycles. The van der Waals surface area contributed by atoms with Crippen LogP contribution < -0.4 is 0 Å². The molecule has 0 saturated carbocycles. The molecule has 0 radical (unpaired) electrons. The molecule has 24 heavy (non-hydrogen) atoms. The molecule has 0 nitrogen and oxygen atoms in total. The van der Waals surface area contributed by atoms with E-state index in [4.69, 9.17) is 0 Å². The highest BCUT2D eigenvalue weighted by Gasteiger charge is 2.28. The molecule has 4 aromatic carbocycles. The summed E-state index contributed by atoms with van der Waals surface area (Å²) in [5.74, 6) is 0. The minimum atomic E-state index is -3.14. The second-order valence-corrected chi connectivity index (χ2v) is 12.7. The van der Waals surface area contributed by atoms with Crippen molar-refractivity contribution in [3.63, 3.8) is 0 Å². The molecule has 0 aliphatic carbocycles. The van der Waals surface area contributed by atoms with Crippen molar-refractivity contribution in [3.05, 3.63) is 66.7 Å². The van der Waals surface area contributed by atoms with Crippen LogP contribution in [0.2, 0.25) is 0 Å². The average Bonchev–Trinajstić information content (AvgIpc) is 2.63. The average molecular weight is 395 g/mol. The lowest BCUT2D eigenvalue weighted by Crippen LogP contribution is -1.83. The van der Waals surface area contributed by atoms with E-state index in [0.717, 1.165) is 26.9 Å². The highest BCUT2D eigenvalue weighted by atomic mass is 33.7. The first-order valence-corrected chi connectivity index (χ1v) is 12.3. The predicted molar refractivity (Wildman–Crippen MR) is 111 cm³/mol. The van der Waals surface area contributed by atoms with Crippen LogP contribution in [0.3, 0.4) is 0 Å². The van der Waals surface area contributed by atoms with Crippen molar-refractivity contribution in [3.8, 4) is 0 Å². The maximum atomic E-state index is 14.6. The molecule has 0 aliphatic rings. The van der Waals surface area contributed by atoms with Crippen LogP contribution in [0.5, 0.6) is 0 Å². The second kappa shape index (κ2) is 6.33. The Morgan fingerprint density at radius 2 is 1.21 bits per heavy atom. The van der Waals surface area contributed by atoms with Gasteiger partial charge in [-0.3, -0.25) is 0 Å². The second-order valence-electron chi connectivity index (χ2n) is 5.48. The van der Waals surface area contributed by atoms with Gasteiger partial charge in [-0.25, -0.2) is 0 Å². The van der Waals surface area contributed by atoms with Gasteiger partial charge in [-0.15, -0.1) is 0 Å². The first-order valence-electron chi connectivity index (χ1n) is 7.15. The highest BCUT2D eigenvalue weighted by Crippen LogP contribution is 2.78. The summed E-state index contributed by atoms with van der Waals surface area (Å²) in [6.45, 7) is 0. The van der Waals surface area contributed by atoms with Gasteiger partial charge in [0, 0.05) is 4.90 Å². The molecule has 0 N–H and O–H groups in total. The van der Waals surface area contributed by atoms with Gasteiger partial charge in [0.05, 0.1) is 8.48 Å². The molecule has 0 spiro atoms. The van der Waals surface area contributed by atoms with Crippen LogP contribution in [-0.2, 0) is 0 Å². The lowest BCUT2D eigenvalue weighted by molar-refractivity contribution is 0.909. The Balaban J connectivity index is 1.96. The van der Waals surface area contributed by atoms with Gasteiger partial charge in [0.1, 0.15) is 11.2 Å². The summed E-state index contributed by atoms with van der Waals surface area (Å²) in [5.41, 5.74) is 0. The van der Waals surface area contributed by atoms with Crippen LogP contribution in [0.15, 0.2) is 71.6 Å². The normalized spacial score (nSPS) is 15.6. The summed E-state index contributed by atoms with van der Waals surface area (Å²) in [7, 11) is -2.50. The fraction of sp³-hybridized carbons (Fsp3) is 0. The third-order valence-corrected chi connectivity index (χ3v) is 11.3. The van der Waals surface area contributed by atoms with E-state index in [-0.39, 0.29) is 11.2 Å². The van der Waals surface area contributed by atoms with E-state index >= 15 is 0 Å². The Labute approximate surface area is 152 Å².